The molecule has 4 nitrogen and oxygen atoms in total. The molecule has 2 aromatic carbocycles. The molecule has 23 heavy (non-hydrogen) atoms. The normalized spacial score (nSPS) is 10.9. The lowest BCUT2D eigenvalue weighted by atomic mass is 10.1. The van der Waals surface area contributed by atoms with Crippen LogP contribution in [0.1, 0.15) is 15.9 Å². The number of rotatable bonds is 3. The van der Waals surface area contributed by atoms with Crippen molar-refractivity contribution in [2.24, 2.45) is 0 Å². The fourth-order valence-corrected chi connectivity index (χ4v) is 2.37. The first-order valence-electron chi connectivity index (χ1n) is 6.76. The van der Waals surface area contributed by atoms with E-state index in [4.69, 9.17) is 5.11 Å². The van der Waals surface area contributed by atoms with E-state index in [0.717, 1.165) is 12.1 Å². The van der Waals surface area contributed by atoms with Crippen molar-refractivity contribution in [1.29, 1.82) is 0 Å². The third-order valence-corrected chi connectivity index (χ3v) is 3.56. The molecule has 0 saturated heterocycles. The maximum atomic E-state index is 13.2. The topological polar surface area (TPSA) is 59.3 Å². The van der Waals surface area contributed by atoms with Crippen molar-refractivity contribution in [3.63, 3.8) is 0 Å². The highest BCUT2D eigenvalue weighted by atomic mass is 19.2. The number of nitrogens with zero attached hydrogens (tertiary/aromatic N) is 1. The number of fused-ring (bicyclic) bond motifs is 1. The van der Waals surface area contributed by atoms with Gasteiger partial charge >= 0.3 is 5.97 Å². The third kappa shape index (κ3) is 2.83. The summed E-state index contributed by atoms with van der Waals surface area (Å²) in [6.07, 6.45) is 1.53. The molecule has 0 radical (unpaired) electrons. The lowest BCUT2D eigenvalue weighted by Gasteiger charge is -2.08. The van der Waals surface area contributed by atoms with Crippen LogP contribution in [-0.2, 0) is 6.54 Å². The molecule has 0 unspecified atom stereocenters. The molecular weight excluding hydrogens is 304 g/mol. The molecule has 0 fully saturated rings. The maximum Gasteiger partial charge on any atom is 0.335 e. The molecule has 0 aliphatic carbocycles. The Morgan fingerprint density at radius 3 is 2.52 bits per heavy atom. The molecule has 0 saturated carbocycles. The van der Waals surface area contributed by atoms with Gasteiger partial charge in [0.15, 0.2) is 11.6 Å². The van der Waals surface area contributed by atoms with Gasteiger partial charge in [-0.15, -0.1) is 0 Å². The number of aromatic carboxylic acids is 1. The molecule has 0 amide bonds. The average Bonchev–Trinajstić information content (AvgIpc) is 2.53. The van der Waals surface area contributed by atoms with Crippen LogP contribution in [0.5, 0.6) is 0 Å². The zero-order valence-electron chi connectivity index (χ0n) is 11.8. The molecule has 3 rings (SSSR count). The van der Waals surface area contributed by atoms with Crippen LogP contribution in [0.3, 0.4) is 0 Å². The monoisotopic (exact) mass is 315 g/mol. The highest BCUT2D eigenvalue weighted by Gasteiger charge is 2.09. The molecule has 0 spiro atoms. The fraction of sp³-hybridized carbons (Fsp3) is 0.0588. The molecule has 1 aromatic heterocycles. The molecule has 6 heteroatoms. The molecule has 0 atom stereocenters. The van der Waals surface area contributed by atoms with Crippen molar-refractivity contribution in [3.05, 3.63) is 81.8 Å². The number of aromatic nitrogens is 1. The zero-order valence-corrected chi connectivity index (χ0v) is 11.8. The van der Waals surface area contributed by atoms with Crippen molar-refractivity contribution in [3.8, 4) is 0 Å². The lowest BCUT2D eigenvalue weighted by molar-refractivity contribution is 0.0697. The number of carboxylic acid groups (broad SMARTS) is 1. The Kier molecular flexibility index (Phi) is 3.65. The van der Waals surface area contributed by atoms with Gasteiger partial charge in [0.05, 0.1) is 12.1 Å². The van der Waals surface area contributed by atoms with Gasteiger partial charge < -0.3 is 9.67 Å². The molecule has 1 heterocycles. The van der Waals surface area contributed by atoms with Gasteiger partial charge in [0, 0.05) is 11.6 Å². The van der Waals surface area contributed by atoms with E-state index < -0.39 is 23.2 Å². The van der Waals surface area contributed by atoms with E-state index in [1.807, 2.05) is 0 Å². The summed E-state index contributed by atoms with van der Waals surface area (Å²) in [6.45, 7) is 0.0588. The second-order valence-corrected chi connectivity index (χ2v) is 5.10. The summed E-state index contributed by atoms with van der Waals surface area (Å²) in [4.78, 5) is 23.5. The van der Waals surface area contributed by atoms with Crippen molar-refractivity contribution in [1.82, 2.24) is 4.57 Å². The van der Waals surface area contributed by atoms with E-state index in [0.29, 0.717) is 10.9 Å². The maximum absolute atomic E-state index is 13.2. The van der Waals surface area contributed by atoms with Gasteiger partial charge in [-0.2, -0.15) is 0 Å². The van der Waals surface area contributed by atoms with Crippen LogP contribution in [0.2, 0.25) is 0 Å². The number of pyridine rings is 1. The Morgan fingerprint density at radius 2 is 1.83 bits per heavy atom. The van der Waals surface area contributed by atoms with Gasteiger partial charge in [-0.1, -0.05) is 12.1 Å². The summed E-state index contributed by atoms with van der Waals surface area (Å²) in [5.41, 5.74) is 0.0512. The predicted octanol–water partition coefficient (Wildman–Crippen LogP) is 3.03. The first-order valence-corrected chi connectivity index (χ1v) is 6.76. The number of benzene rings is 2. The van der Waals surface area contributed by atoms with Gasteiger partial charge in [-0.05, 0) is 41.3 Å². The smallest absolute Gasteiger partial charge is 0.335 e. The van der Waals surface area contributed by atoms with Crippen LogP contribution >= 0.6 is 0 Å². The number of carboxylic acids is 1. The van der Waals surface area contributed by atoms with Gasteiger partial charge in [0.2, 0.25) is 0 Å². The van der Waals surface area contributed by atoms with E-state index in [9.17, 15) is 18.4 Å². The van der Waals surface area contributed by atoms with E-state index in [1.165, 1.54) is 29.0 Å². The Morgan fingerprint density at radius 1 is 1.04 bits per heavy atom. The van der Waals surface area contributed by atoms with Gasteiger partial charge in [0.1, 0.15) is 0 Å². The summed E-state index contributed by atoms with van der Waals surface area (Å²) in [5, 5.41) is 9.88. The Bertz CT molecular complexity index is 979. The van der Waals surface area contributed by atoms with Crippen molar-refractivity contribution in [2.45, 2.75) is 6.54 Å². The molecule has 0 aliphatic rings. The number of hydrogen-bond acceptors (Lipinski definition) is 2. The molecule has 3 aromatic rings. The lowest BCUT2D eigenvalue weighted by Crippen LogP contribution is -2.20. The summed E-state index contributed by atoms with van der Waals surface area (Å²) in [6, 6.07) is 9.37. The third-order valence-electron chi connectivity index (χ3n) is 3.56. The Balaban J connectivity index is 2.07. The highest BCUT2D eigenvalue weighted by molar-refractivity contribution is 5.93. The standard InChI is InChI=1S/C17H11F2NO3/c18-14-4-1-10(7-15(14)19)9-20-6-5-11-2-3-12(17(22)23)8-13(11)16(20)21/h1-8H,9H2,(H,22,23). The average molecular weight is 315 g/mol. The van der Waals surface area contributed by atoms with Crippen LogP contribution in [0.15, 0.2) is 53.5 Å². The van der Waals surface area contributed by atoms with E-state index >= 15 is 0 Å². The Labute approximate surface area is 129 Å². The molecule has 116 valence electrons. The summed E-state index contributed by atoms with van der Waals surface area (Å²) in [5.74, 6) is -3.06. The van der Waals surface area contributed by atoms with Crippen molar-refractivity contribution >= 4 is 16.7 Å². The van der Waals surface area contributed by atoms with Crippen LogP contribution in [-0.4, -0.2) is 15.6 Å². The first-order chi connectivity index (χ1) is 11.0. The second kappa shape index (κ2) is 5.64. The van der Waals surface area contributed by atoms with Gasteiger partial charge in [-0.3, -0.25) is 4.79 Å². The van der Waals surface area contributed by atoms with E-state index in [1.54, 1.807) is 12.1 Å². The Hall–Kier alpha value is -3.02. The SMILES string of the molecule is O=C(O)c1ccc2ccn(Cc3ccc(F)c(F)c3)c(=O)c2c1. The zero-order chi connectivity index (χ0) is 16.6. The van der Waals surface area contributed by atoms with Crippen molar-refractivity contribution in [2.75, 3.05) is 0 Å². The van der Waals surface area contributed by atoms with Gasteiger partial charge in [0.25, 0.3) is 5.56 Å². The highest BCUT2D eigenvalue weighted by Crippen LogP contribution is 2.14. The summed E-state index contributed by atoms with van der Waals surface area (Å²) < 4.78 is 27.5. The molecular formula is C17H11F2NO3. The van der Waals surface area contributed by atoms with E-state index in [-0.39, 0.29) is 17.5 Å². The van der Waals surface area contributed by atoms with Gasteiger partial charge in [-0.25, -0.2) is 13.6 Å². The number of carbonyl (C=O) groups is 1. The summed E-state index contributed by atoms with van der Waals surface area (Å²) >= 11 is 0. The summed E-state index contributed by atoms with van der Waals surface area (Å²) in [7, 11) is 0. The van der Waals surface area contributed by atoms with Crippen LogP contribution < -0.4 is 5.56 Å². The molecule has 1 N–H and O–H groups in total. The molecule has 0 bridgehead atoms. The second-order valence-electron chi connectivity index (χ2n) is 5.10. The number of halogens is 2. The minimum atomic E-state index is -1.12. The minimum absolute atomic E-state index is 0.0141. The predicted molar refractivity (Wildman–Crippen MR) is 80.6 cm³/mol. The minimum Gasteiger partial charge on any atom is -0.478 e. The van der Waals surface area contributed by atoms with Crippen molar-refractivity contribution < 1.29 is 18.7 Å². The quantitative estimate of drug-likeness (QED) is 0.808. The largest absolute Gasteiger partial charge is 0.478 e. The molecule has 0 aliphatic heterocycles. The van der Waals surface area contributed by atoms with Crippen LogP contribution in [0.4, 0.5) is 8.78 Å². The number of hydrogen-bond donors (Lipinski definition) is 1. The fourth-order valence-electron chi connectivity index (χ4n) is 2.37. The van der Waals surface area contributed by atoms with Crippen LogP contribution in [0.25, 0.3) is 10.8 Å². The van der Waals surface area contributed by atoms with E-state index in [2.05, 4.69) is 0 Å². The first kappa shape index (κ1) is 14.9. The van der Waals surface area contributed by atoms with Crippen LogP contribution in [0, 0.1) is 11.6 Å².